The number of carboxylic acid groups (broad SMARTS) is 1. The standard InChI is InChI=1S/C24H29NO5/c1-15(30-24(2,3)4)21(22(26)27)25(5)23(28)29-14-20-18-12-8-6-10-16(18)17-11-7-9-13-19(17)20/h6-13,15,20-21H,14H2,1-5H3,(H,26,27)/t15-,21-/m0/s1. The van der Waals surface area contributed by atoms with Crippen LogP contribution in [0.2, 0.25) is 0 Å². The Morgan fingerprint density at radius 1 is 1.03 bits per heavy atom. The quantitative estimate of drug-likeness (QED) is 0.756. The van der Waals surface area contributed by atoms with Crippen molar-refractivity contribution in [2.24, 2.45) is 0 Å². The number of hydrogen-bond acceptors (Lipinski definition) is 4. The second kappa shape index (κ2) is 8.48. The Kier molecular flexibility index (Phi) is 6.17. The molecule has 6 heteroatoms. The number of nitrogens with zero attached hydrogens (tertiary/aromatic N) is 1. The van der Waals surface area contributed by atoms with Crippen LogP contribution in [0.15, 0.2) is 48.5 Å². The van der Waals surface area contributed by atoms with Crippen LogP contribution in [-0.2, 0) is 14.3 Å². The zero-order valence-corrected chi connectivity index (χ0v) is 18.1. The van der Waals surface area contributed by atoms with E-state index >= 15 is 0 Å². The summed E-state index contributed by atoms with van der Waals surface area (Å²) in [6.07, 6.45) is -1.39. The summed E-state index contributed by atoms with van der Waals surface area (Å²) in [5.74, 6) is -1.22. The van der Waals surface area contributed by atoms with Crippen LogP contribution in [0.25, 0.3) is 11.1 Å². The van der Waals surface area contributed by atoms with Crippen LogP contribution < -0.4 is 0 Å². The van der Waals surface area contributed by atoms with Crippen LogP contribution in [0.4, 0.5) is 4.79 Å². The van der Waals surface area contributed by atoms with E-state index < -0.39 is 29.8 Å². The Labute approximate surface area is 177 Å². The van der Waals surface area contributed by atoms with Gasteiger partial charge in [0.1, 0.15) is 6.61 Å². The van der Waals surface area contributed by atoms with Crippen LogP contribution in [0, 0.1) is 0 Å². The van der Waals surface area contributed by atoms with Gasteiger partial charge < -0.3 is 14.6 Å². The maximum atomic E-state index is 12.7. The van der Waals surface area contributed by atoms with E-state index in [4.69, 9.17) is 9.47 Å². The van der Waals surface area contributed by atoms with Crippen molar-refractivity contribution in [2.75, 3.05) is 13.7 Å². The second-order valence-electron chi connectivity index (χ2n) is 8.63. The number of ether oxygens (including phenoxy) is 2. The number of aliphatic carboxylic acids is 1. The molecule has 0 unspecified atom stereocenters. The van der Waals surface area contributed by atoms with Gasteiger partial charge in [-0.15, -0.1) is 0 Å². The predicted molar refractivity (Wildman–Crippen MR) is 115 cm³/mol. The molecule has 0 saturated carbocycles. The molecule has 3 rings (SSSR count). The Balaban J connectivity index is 1.74. The third-order valence-electron chi connectivity index (χ3n) is 5.28. The SMILES string of the molecule is C[C@H](OC(C)(C)C)[C@@H](C(=O)O)N(C)C(=O)OCC1c2ccccc2-c2ccccc21. The highest BCUT2D eigenvalue weighted by Gasteiger charge is 2.36. The number of amides is 1. The number of rotatable bonds is 6. The van der Waals surface area contributed by atoms with Crippen molar-refractivity contribution in [1.29, 1.82) is 0 Å². The number of hydrogen-bond donors (Lipinski definition) is 1. The average Bonchev–Trinajstić information content (AvgIpc) is 2.98. The van der Waals surface area contributed by atoms with E-state index in [-0.39, 0.29) is 12.5 Å². The summed E-state index contributed by atoms with van der Waals surface area (Å²) in [4.78, 5) is 25.7. The number of fused-ring (bicyclic) bond motifs is 3. The smallest absolute Gasteiger partial charge is 0.410 e. The van der Waals surface area contributed by atoms with Crippen molar-refractivity contribution in [3.8, 4) is 11.1 Å². The van der Waals surface area contributed by atoms with Crippen molar-refractivity contribution >= 4 is 12.1 Å². The largest absolute Gasteiger partial charge is 0.480 e. The first-order valence-corrected chi connectivity index (χ1v) is 10.1. The molecule has 30 heavy (non-hydrogen) atoms. The van der Waals surface area contributed by atoms with Gasteiger partial charge >= 0.3 is 12.1 Å². The van der Waals surface area contributed by atoms with Gasteiger partial charge in [-0.1, -0.05) is 48.5 Å². The predicted octanol–water partition coefficient (Wildman–Crippen LogP) is 4.52. The van der Waals surface area contributed by atoms with Gasteiger partial charge in [-0.25, -0.2) is 9.59 Å². The minimum Gasteiger partial charge on any atom is -0.480 e. The van der Waals surface area contributed by atoms with Crippen molar-refractivity contribution < 1.29 is 24.2 Å². The van der Waals surface area contributed by atoms with Crippen molar-refractivity contribution in [1.82, 2.24) is 4.90 Å². The second-order valence-corrected chi connectivity index (χ2v) is 8.63. The van der Waals surface area contributed by atoms with Gasteiger partial charge in [0.05, 0.1) is 11.7 Å². The molecular formula is C24H29NO5. The van der Waals surface area contributed by atoms with Crippen LogP contribution in [-0.4, -0.2) is 53.5 Å². The molecule has 0 spiro atoms. The molecule has 0 saturated heterocycles. The summed E-state index contributed by atoms with van der Waals surface area (Å²) in [6, 6.07) is 15.0. The summed E-state index contributed by atoms with van der Waals surface area (Å²) < 4.78 is 11.4. The lowest BCUT2D eigenvalue weighted by Gasteiger charge is -2.33. The van der Waals surface area contributed by atoms with Crippen LogP contribution in [0.5, 0.6) is 0 Å². The maximum absolute atomic E-state index is 12.7. The number of carbonyl (C=O) groups is 2. The molecule has 2 aromatic carbocycles. The van der Waals surface area contributed by atoms with Gasteiger partial charge in [0.2, 0.25) is 0 Å². The highest BCUT2D eigenvalue weighted by Crippen LogP contribution is 2.44. The van der Waals surface area contributed by atoms with Crippen LogP contribution in [0.1, 0.15) is 44.7 Å². The van der Waals surface area contributed by atoms with Gasteiger partial charge in [0.25, 0.3) is 0 Å². The zero-order chi connectivity index (χ0) is 22.1. The first-order valence-electron chi connectivity index (χ1n) is 10.1. The van der Waals surface area contributed by atoms with E-state index in [2.05, 4.69) is 12.1 Å². The molecule has 2 atom stereocenters. The fourth-order valence-corrected chi connectivity index (χ4v) is 4.11. The Morgan fingerprint density at radius 2 is 1.53 bits per heavy atom. The molecular weight excluding hydrogens is 382 g/mol. The molecule has 1 N–H and O–H groups in total. The van der Waals surface area contributed by atoms with Gasteiger partial charge in [-0.2, -0.15) is 0 Å². The van der Waals surface area contributed by atoms with Crippen LogP contribution >= 0.6 is 0 Å². The summed E-state index contributed by atoms with van der Waals surface area (Å²) in [7, 11) is 1.43. The first-order chi connectivity index (χ1) is 14.1. The van der Waals surface area contributed by atoms with Gasteiger partial charge in [-0.05, 0) is 49.9 Å². The van der Waals surface area contributed by atoms with Crippen molar-refractivity contribution in [3.05, 3.63) is 59.7 Å². The molecule has 6 nitrogen and oxygen atoms in total. The minimum absolute atomic E-state index is 0.0822. The molecule has 1 amide bonds. The molecule has 0 aromatic heterocycles. The lowest BCUT2D eigenvalue weighted by atomic mass is 9.98. The molecule has 0 fully saturated rings. The molecule has 0 heterocycles. The summed E-state index contributed by atoms with van der Waals surface area (Å²) in [5.41, 5.74) is 3.95. The number of likely N-dealkylation sites (N-methyl/N-ethyl adjacent to an activating group) is 1. The van der Waals surface area contributed by atoms with Gasteiger partial charge in [0, 0.05) is 13.0 Å². The zero-order valence-electron chi connectivity index (χ0n) is 18.1. The molecule has 2 aromatic rings. The van der Waals surface area contributed by atoms with Crippen molar-refractivity contribution in [3.63, 3.8) is 0 Å². The molecule has 0 radical (unpaired) electrons. The van der Waals surface area contributed by atoms with Crippen molar-refractivity contribution in [2.45, 2.75) is 51.4 Å². The Morgan fingerprint density at radius 3 is 2.00 bits per heavy atom. The lowest BCUT2D eigenvalue weighted by molar-refractivity contribution is -0.153. The van der Waals surface area contributed by atoms with E-state index in [0.717, 1.165) is 27.2 Å². The lowest BCUT2D eigenvalue weighted by Crippen LogP contribution is -2.51. The number of carboxylic acids is 1. The third-order valence-corrected chi connectivity index (χ3v) is 5.28. The summed E-state index contributed by atoms with van der Waals surface area (Å²) in [5, 5.41) is 9.67. The number of carbonyl (C=O) groups excluding carboxylic acids is 1. The summed E-state index contributed by atoms with van der Waals surface area (Å²) >= 11 is 0. The van der Waals surface area contributed by atoms with E-state index in [1.165, 1.54) is 7.05 Å². The molecule has 160 valence electrons. The van der Waals surface area contributed by atoms with Gasteiger partial charge in [0.15, 0.2) is 6.04 Å². The first kappa shape index (κ1) is 21.8. The highest BCUT2D eigenvalue weighted by atomic mass is 16.6. The van der Waals surface area contributed by atoms with Gasteiger partial charge in [-0.3, -0.25) is 4.90 Å². The Hall–Kier alpha value is -2.86. The fraction of sp³-hybridized carbons (Fsp3) is 0.417. The number of benzene rings is 2. The molecule has 0 bridgehead atoms. The van der Waals surface area contributed by atoms with E-state index in [1.54, 1.807) is 6.92 Å². The normalized spacial score (nSPS) is 15.1. The highest BCUT2D eigenvalue weighted by molar-refractivity contribution is 5.81. The third kappa shape index (κ3) is 4.49. The molecule has 0 aliphatic heterocycles. The fourth-order valence-electron chi connectivity index (χ4n) is 4.11. The van der Waals surface area contributed by atoms with E-state index in [0.29, 0.717) is 0 Å². The van der Waals surface area contributed by atoms with E-state index in [9.17, 15) is 14.7 Å². The average molecular weight is 411 g/mol. The van der Waals surface area contributed by atoms with E-state index in [1.807, 2.05) is 57.2 Å². The topological polar surface area (TPSA) is 76.1 Å². The summed E-state index contributed by atoms with van der Waals surface area (Å²) in [6.45, 7) is 7.32. The monoisotopic (exact) mass is 411 g/mol. The Bertz CT molecular complexity index is 888. The molecule has 1 aliphatic carbocycles. The van der Waals surface area contributed by atoms with Crippen LogP contribution in [0.3, 0.4) is 0 Å². The maximum Gasteiger partial charge on any atom is 0.410 e. The molecule has 1 aliphatic rings. The minimum atomic E-state index is -1.15.